The maximum atomic E-state index is 10.8. The molecule has 1 aliphatic heterocycles. The van der Waals surface area contributed by atoms with Gasteiger partial charge in [-0.25, -0.2) is 4.98 Å². The van der Waals surface area contributed by atoms with E-state index >= 15 is 0 Å². The van der Waals surface area contributed by atoms with Crippen molar-refractivity contribution in [3.63, 3.8) is 0 Å². The van der Waals surface area contributed by atoms with Gasteiger partial charge < -0.3 is 15.7 Å². The van der Waals surface area contributed by atoms with Crippen LogP contribution in [0.15, 0.2) is 24.3 Å². The molecule has 1 aromatic carbocycles. The van der Waals surface area contributed by atoms with Crippen LogP contribution in [0.1, 0.15) is 11.4 Å². The largest absolute Gasteiger partial charge is 0.480 e. The van der Waals surface area contributed by atoms with Crippen LogP contribution < -0.4 is 10.6 Å². The third-order valence-electron chi connectivity index (χ3n) is 4.52. The van der Waals surface area contributed by atoms with E-state index in [0.29, 0.717) is 5.82 Å². The Morgan fingerprint density at radius 2 is 1.72 bits per heavy atom. The Morgan fingerprint density at radius 3 is 2.32 bits per heavy atom. The minimum absolute atomic E-state index is 0.111. The summed E-state index contributed by atoms with van der Waals surface area (Å²) in [6.45, 7) is 7.06. The van der Waals surface area contributed by atoms with Crippen LogP contribution in [0.5, 0.6) is 0 Å². The highest BCUT2D eigenvalue weighted by atomic mass is 16.4. The van der Waals surface area contributed by atoms with Gasteiger partial charge in [0.15, 0.2) is 0 Å². The first-order valence-corrected chi connectivity index (χ1v) is 8.34. The van der Waals surface area contributed by atoms with Crippen LogP contribution in [0.3, 0.4) is 0 Å². The van der Waals surface area contributed by atoms with E-state index in [1.54, 1.807) is 0 Å². The molecule has 0 atom stereocenters. The number of hydrogen-bond donors (Lipinski definition) is 2. The van der Waals surface area contributed by atoms with E-state index in [-0.39, 0.29) is 6.54 Å². The molecule has 1 fully saturated rings. The molecule has 25 heavy (non-hydrogen) atoms. The zero-order valence-corrected chi connectivity index (χ0v) is 14.6. The molecule has 0 saturated carbocycles. The number of aliphatic carboxylic acids is 1. The first-order valence-electron chi connectivity index (χ1n) is 8.34. The van der Waals surface area contributed by atoms with E-state index in [0.717, 1.165) is 54.5 Å². The molecule has 3 rings (SSSR count). The number of hydrogen-bond acceptors (Lipinski definition) is 6. The quantitative estimate of drug-likeness (QED) is 0.871. The molecule has 0 amide bonds. The first-order chi connectivity index (χ1) is 11.9. The highest BCUT2D eigenvalue weighted by molar-refractivity contribution is 5.69. The minimum Gasteiger partial charge on any atom is -0.480 e. The lowest BCUT2D eigenvalue weighted by Gasteiger charge is -2.35. The number of rotatable bonds is 4. The van der Waals surface area contributed by atoms with E-state index in [4.69, 9.17) is 10.8 Å². The van der Waals surface area contributed by atoms with Gasteiger partial charge in [0.2, 0.25) is 0 Å². The third kappa shape index (κ3) is 3.88. The van der Waals surface area contributed by atoms with Crippen LogP contribution in [0, 0.1) is 13.8 Å². The van der Waals surface area contributed by atoms with Crippen LogP contribution in [0.2, 0.25) is 0 Å². The van der Waals surface area contributed by atoms with Gasteiger partial charge in [-0.05, 0) is 26.0 Å². The number of nitrogen functional groups attached to an aromatic ring is 1. The lowest BCUT2D eigenvalue weighted by molar-refractivity contribution is -0.138. The normalized spacial score (nSPS) is 15.4. The van der Waals surface area contributed by atoms with Crippen LogP contribution in [-0.2, 0) is 4.79 Å². The Labute approximate surface area is 147 Å². The number of benzene rings is 1. The van der Waals surface area contributed by atoms with Crippen molar-refractivity contribution in [2.45, 2.75) is 13.8 Å². The Hall–Kier alpha value is -2.67. The van der Waals surface area contributed by atoms with Gasteiger partial charge in [0.1, 0.15) is 5.82 Å². The number of anilines is 2. The monoisotopic (exact) mass is 341 g/mol. The van der Waals surface area contributed by atoms with E-state index in [1.807, 2.05) is 30.9 Å². The fourth-order valence-corrected chi connectivity index (χ4v) is 3.10. The number of aryl methyl sites for hydroxylation is 2. The summed E-state index contributed by atoms with van der Waals surface area (Å²) in [5.41, 5.74) is 10.4. The molecule has 1 aromatic heterocycles. The van der Waals surface area contributed by atoms with Gasteiger partial charge in [0, 0.05) is 37.4 Å². The van der Waals surface area contributed by atoms with E-state index < -0.39 is 5.97 Å². The topological polar surface area (TPSA) is 95.6 Å². The number of carbonyl (C=O) groups is 1. The Kier molecular flexibility index (Phi) is 4.85. The zero-order chi connectivity index (χ0) is 18.0. The number of carboxylic acids is 1. The summed E-state index contributed by atoms with van der Waals surface area (Å²) < 4.78 is 0. The SMILES string of the molecule is Cc1nc(C)c(-c2ccc(N3CCN(CC(=O)O)CC3)cc2)nc1N. The van der Waals surface area contributed by atoms with Gasteiger partial charge in [0.05, 0.1) is 23.6 Å². The van der Waals surface area contributed by atoms with Crippen molar-refractivity contribution in [1.29, 1.82) is 0 Å². The number of piperazine rings is 1. The molecule has 0 radical (unpaired) electrons. The molecule has 3 N–H and O–H groups in total. The number of aromatic nitrogens is 2. The second kappa shape index (κ2) is 7.06. The van der Waals surface area contributed by atoms with Gasteiger partial charge in [-0.3, -0.25) is 14.7 Å². The van der Waals surface area contributed by atoms with Gasteiger partial charge >= 0.3 is 5.97 Å². The molecule has 132 valence electrons. The fourth-order valence-electron chi connectivity index (χ4n) is 3.10. The highest BCUT2D eigenvalue weighted by Crippen LogP contribution is 2.25. The lowest BCUT2D eigenvalue weighted by atomic mass is 10.1. The molecular weight excluding hydrogens is 318 g/mol. The summed E-state index contributed by atoms with van der Waals surface area (Å²) in [4.78, 5) is 23.9. The Balaban J connectivity index is 1.71. The predicted octanol–water partition coefficient (Wildman–Crippen LogP) is 1.55. The average Bonchev–Trinajstić information content (AvgIpc) is 2.59. The van der Waals surface area contributed by atoms with Crippen molar-refractivity contribution in [1.82, 2.24) is 14.9 Å². The Morgan fingerprint density at radius 1 is 1.08 bits per heavy atom. The third-order valence-corrected chi connectivity index (χ3v) is 4.52. The summed E-state index contributed by atoms with van der Waals surface area (Å²) in [5.74, 6) is -0.314. The van der Waals surface area contributed by atoms with Crippen LogP contribution in [-0.4, -0.2) is 58.7 Å². The van der Waals surface area contributed by atoms with Gasteiger partial charge in [-0.15, -0.1) is 0 Å². The number of nitrogens with two attached hydrogens (primary N) is 1. The van der Waals surface area contributed by atoms with Gasteiger partial charge in [-0.2, -0.15) is 0 Å². The maximum Gasteiger partial charge on any atom is 0.317 e. The van der Waals surface area contributed by atoms with Gasteiger partial charge in [0.25, 0.3) is 0 Å². The molecule has 2 aromatic rings. The zero-order valence-electron chi connectivity index (χ0n) is 14.6. The predicted molar refractivity (Wildman–Crippen MR) is 97.6 cm³/mol. The lowest BCUT2D eigenvalue weighted by Crippen LogP contribution is -2.47. The molecule has 0 aliphatic carbocycles. The standard InChI is InChI=1S/C18H23N5O2/c1-12-17(21-18(19)13(2)20-12)14-3-5-15(6-4-14)23-9-7-22(8-10-23)11-16(24)25/h3-6H,7-11H2,1-2H3,(H2,19,21)(H,24,25). The second-order valence-electron chi connectivity index (χ2n) is 6.33. The van der Waals surface area contributed by atoms with Gasteiger partial charge in [-0.1, -0.05) is 12.1 Å². The molecule has 0 spiro atoms. The van der Waals surface area contributed by atoms with Crippen LogP contribution in [0.25, 0.3) is 11.3 Å². The minimum atomic E-state index is -0.772. The van der Waals surface area contributed by atoms with Crippen LogP contribution >= 0.6 is 0 Å². The summed E-state index contributed by atoms with van der Waals surface area (Å²) in [5, 5.41) is 8.87. The van der Waals surface area contributed by atoms with Crippen LogP contribution in [0.4, 0.5) is 11.5 Å². The number of nitrogens with zero attached hydrogens (tertiary/aromatic N) is 4. The highest BCUT2D eigenvalue weighted by Gasteiger charge is 2.19. The maximum absolute atomic E-state index is 10.8. The molecule has 0 bridgehead atoms. The molecule has 7 heteroatoms. The average molecular weight is 341 g/mol. The summed E-state index contributed by atoms with van der Waals surface area (Å²) >= 11 is 0. The molecule has 1 aliphatic rings. The molecule has 2 heterocycles. The van der Waals surface area contributed by atoms with Crippen molar-refractivity contribution in [2.75, 3.05) is 43.4 Å². The molecular formula is C18H23N5O2. The van der Waals surface area contributed by atoms with E-state index in [2.05, 4.69) is 27.0 Å². The smallest absolute Gasteiger partial charge is 0.317 e. The van der Waals surface area contributed by atoms with E-state index in [9.17, 15) is 4.79 Å². The van der Waals surface area contributed by atoms with Crippen molar-refractivity contribution < 1.29 is 9.90 Å². The fraction of sp³-hybridized carbons (Fsp3) is 0.389. The molecule has 0 unspecified atom stereocenters. The van der Waals surface area contributed by atoms with Crippen molar-refractivity contribution in [2.24, 2.45) is 0 Å². The summed E-state index contributed by atoms with van der Waals surface area (Å²) in [7, 11) is 0. The van der Waals surface area contributed by atoms with Crippen molar-refractivity contribution in [3.05, 3.63) is 35.7 Å². The number of carboxylic acid groups (broad SMARTS) is 1. The molecule has 7 nitrogen and oxygen atoms in total. The van der Waals surface area contributed by atoms with Crippen molar-refractivity contribution >= 4 is 17.5 Å². The second-order valence-corrected chi connectivity index (χ2v) is 6.33. The summed E-state index contributed by atoms with van der Waals surface area (Å²) in [6, 6.07) is 8.20. The molecule has 1 saturated heterocycles. The van der Waals surface area contributed by atoms with E-state index in [1.165, 1.54) is 0 Å². The first kappa shape index (κ1) is 17.2. The summed E-state index contributed by atoms with van der Waals surface area (Å²) in [6.07, 6.45) is 0. The van der Waals surface area contributed by atoms with Crippen molar-refractivity contribution in [3.8, 4) is 11.3 Å². The Bertz CT molecular complexity index is 768.